The van der Waals surface area contributed by atoms with Gasteiger partial charge in [0, 0.05) is 25.2 Å². The van der Waals surface area contributed by atoms with Gasteiger partial charge in [0.2, 0.25) is 11.8 Å². The molecule has 1 aliphatic heterocycles. The predicted molar refractivity (Wildman–Crippen MR) is 125 cm³/mol. The SMILES string of the molecule is CC(C)NC(=O)C1CCCN(c2nc3ncn(CC(=O)NC4CCCCC4)c(=O)c3s2)C1. The Kier molecular flexibility index (Phi) is 7.07. The van der Waals surface area contributed by atoms with E-state index >= 15 is 0 Å². The number of carbonyl (C=O) groups is 2. The molecule has 0 radical (unpaired) electrons. The van der Waals surface area contributed by atoms with Crippen LogP contribution in [0.15, 0.2) is 11.1 Å². The number of fused-ring (bicyclic) bond motifs is 1. The van der Waals surface area contributed by atoms with Crippen molar-refractivity contribution in [1.82, 2.24) is 25.2 Å². The average molecular weight is 461 g/mol. The Hall–Kier alpha value is -2.49. The van der Waals surface area contributed by atoms with Gasteiger partial charge in [0.25, 0.3) is 5.56 Å². The Morgan fingerprint density at radius 3 is 2.72 bits per heavy atom. The quantitative estimate of drug-likeness (QED) is 0.683. The van der Waals surface area contributed by atoms with Crippen LogP contribution in [0.3, 0.4) is 0 Å². The third-order valence-corrected chi connectivity index (χ3v) is 7.24. The first-order valence-electron chi connectivity index (χ1n) is 11.6. The molecule has 2 N–H and O–H groups in total. The lowest BCUT2D eigenvalue weighted by Gasteiger charge is -2.32. The summed E-state index contributed by atoms with van der Waals surface area (Å²) < 4.78 is 1.80. The number of amides is 2. The Morgan fingerprint density at radius 2 is 1.97 bits per heavy atom. The molecule has 1 saturated heterocycles. The number of nitrogens with zero attached hydrogens (tertiary/aromatic N) is 4. The van der Waals surface area contributed by atoms with Gasteiger partial charge in [-0.3, -0.25) is 19.0 Å². The van der Waals surface area contributed by atoms with E-state index in [-0.39, 0.29) is 41.9 Å². The van der Waals surface area contributed by atoms with Crippen LogP contribution >= 0.6 is 11.3 Å². The van der Waals surface area contributed by atoms with Crippen molar-refractivity contribution in [2.45, 2.75) is 77.4 Å². The maximum absolute atomic E-state index is 13.0. The summed E-state index contributed by atoms with van der Waals surface area (Å²) in [6.45, 7) is 5.25. The van der Waals surface area contributed by atoms with Crippen LogP contribution in [0.2, 0.25) is 0 Å². The van der Waals surface area contributed by atoms with Gasteiger partial charge < -0.3 is 15.5 Å². The summed E-state index contributed by atoms with van der Waals surface area (Å²) in [5.41, 5.74) is 0.149. The standard InChI is InChI=1S/C22H32N6O3S/c1-14(2)24-20(30)15-7-6-10-27(11-15)22-26-19-18(32-22)21(31)28(13-23-19)12-17(29)25-16-8-4-3-5-9-16/h13-16H,3-12H2,1-2H3,(H,24,30)(H,25,29). The van der Waals surface area contributed by atoms with E-state index in [1.165, 1.54) is 28.7 Å². The summed E-state index contributed by atoms with van der Waals surface area (Å²) in [6, 6.07) is 0.317. The minimum absolute atomic E-state index is 0.0351. The molecule has 1 atom stereocenters. The lowest BCUT2D eigenvalue weighted by molar-refractivity contribution is -0.125. The topological polar surface area (TPSA) is 109 Å². The van der Waals surface area contributed by atoms with Gasteiger partial charge in [-0.2, -0.15) is 4.98 Å². The van der Waals surface area contributed by atoms with Crippen LogP contribution in [0, 0.1) is 5.92 Å². The molecule has 1 unspecified atom stereocenters. The maximum atomic E-state index is 13.0. The Labute approximate surface area is 191 Å². The van der Waals surface area contributed by atoms with Crippen molar-refractivity contribution < 1.29 is 9.59 Å². The molecular formula is C22H32N6O3S. The smallest absolute Gasteiger partial charge is 0.273 e. The molecule has 1 aliphatic carbocycles. The number of nitrogens with one attached hydrogen (secondary N) is 2. The van der Waals surface area contributed by atoms with Gasteiger partial charge in [0.05, 0.1) is 5.92 Å². The minimum Gasteiger partial charge on any atom is -0.354 e. The van der Waals surface area contributed by atoms with Crippen LogP contribution < -0.4 is 21.1 Å². The van der Waals surface area contributed by atoms with Gasteiger partial charge >= 0.3 is 0 Å². The van der Waals surface area contributed by atoms with Crippen LogP contribution in [0.25, 0.3) is 10.3 Å². The Bertz CT molecular complexity index is 1030. The third kappa shape index (κ3) is 5.28. The van der Waals surface area contributed by atoms with Crippen molar-refractivity contribution in [2.75, 3.05) is 18.0 Å². The van der Waals surface area contributed by atoms with E-state index in [4.69, 9.17) is 0 Å². The lowest BCUT2D eigenvalue weighted by atomic mass is 9.95. The average Bonchev–Trinajstić information content (AvgIpc) is 3.21. The minimum atomic E-state index is -0.247. The number of anilines is 1. The van der Waals surface area contributed by atoms with E-state index in [9.17, 15) is 14.4 Å². The van der Waals surface area contributed by atoms with Gasteiger partial charge in [-0.05, 0) is 39.5 Å². The molecule has 2 aromatic heterocycles. The van der Waals surface area contributed by atoms with Gasteiger partial charge in [-0.1, -0.05) is 30.6 Å². The van der Waals surface area contributed by atoms with Crippen molar-refractivity contribution >= 4 is 38.6 Å². The second-order valence-corrected chi connectivity index (χ2v) is 10.2. The molecule has 10 heteroatoms. The fraction of sp³-hybridized carbons (Fsp3) is 0.682. The van der Waals surface area contributed by atoms with E-state index in [1.807, 2.05) is 13.8 Å². The summed E-state index contributed by atoms with van der Waals surface area (Å²) in [7, 11) is 0. The summed E-state index contributed by atoms with van der Waals surface area (Å²) in [6.07, 6.45) is 8.65. The molecule has 174 valence electrons. The number of thiazole rings is 1. The van der Waals surface area contributed by atoms with Crippen LogP contribution in [0.5, 0.6) is 0 Å². The first-order valence-corrected chi connectivity index (χ1v) is 12.4. The molecule has 2 aliphatic rings. The third-order valence-electron chi connectivity index (χ3n) is 6.15. The zero-order valence-corrected chi connectivity index (χ0v) is 19.6. The van der Waals surface area contributed by atoms with E-state index in [1.54, 1.807) is 0 Å². The molecule has 0 aromatic carbocycles. The van der Waals surface area contributed by atoms with E-state index in [2.05, 4.69) is 25.5 Å². The largest absolute Gasteiger partial charge is 0.354 e. The number of hydrogen-bond donors (Lipinski definition) is 2. The number of piperidine rings is 1. The van der Waals surface area contributed by atoms with Crippen molar-refractivity contribution in [2.24, 2.45) is 5.92 Å². The summed E-state index contributed by atoms with van der Waals surface area (Å²) in [5.74, 6) is -0.179. The molecule has 9 nitrogen and oxygen atoms in total. The molecule has 4 rings (SSSR count). The molecular weight excluding hydrogens is 428 g/mol. The van der Waals surface area contributed by atoms with E-state index in [0.29, 0.717) is 22.0 Å². The molecule has 0 bridgehead atoms. The zero-order valence-electron chi connectivity index (χ0n) is 18.8. The van der Waals surface area contributed by atoms with E-state index < -0.39 is 0 Å². The van der Waals surface area contributed by atoms with Crippen molar-refractivity contribution in [1.29, 1.82) is 0 Å². The van der Waals surface area contributed by atoms with Crippen molar-refractivity contribution in [3.05, 3.63) is 16.7 Å². The van der Waals surface area contributed by atoms with Crippen LogP contribution in [-0.4, -0.2) is 51.5 Å². The van der Waals surface area contributed by atoms with Gasteiger partial charge in [-0.25, -0.2) is 4.98 Å². The molecule has 0 spiro atoms. The molecule has 1 saturated carbocycles. The normalized spacial score (nSPS) is 20.0. The molecule has 32 heavy (non-hydrogen) atoms. The van der Waals surface area contributed by atoms with Gasteiger partial charge in [0.15, 0.2) is 10.8 Å². The van der Waals surface area contributed by atoms with Crippen molar-refractivity contribution in [3.63, 3.8) is 0 Å². The summed E-state index contributed by atoms with van der Waals surface area (Å²) in [4.78, 5) is 48.8. The fourth-order valence-corrected chi connectivity index (χ4v) is 5.53. The molecule has 2 fully saturated rings. The summed E-state index contributed by atoms with van der Waals surface area (Å²) >= 11 is 1.29. The van der Waals surface area contributed by atoms with Gasteiger partial charge in [0.1, 0.15) is 17.6 Å². The highest BCUT2D eigenvalue weighted by Crippen LogP contribution is 2.29. The van der Waals surface area contributed by atoms with Crippen LogP contribution in [-0.2, 0) is 16.1 Å². The number of carbonyl (C=O) groups excluding carboxylic acids is 2. The first-order chi connectivity index (χ1) is 15.4. The second kappa shape index (κ2) is 9.97. The summed E-state index contributed by atoms with van der Waals surface area (Å²) in [5, 5.41) is 6.74. The van der Waals surface area contributed by atoms with Gasteiger partial charge in [-0.15, -0.1) is 0 Å². The Morgan fingerprint density at radius 1 is 1.19 bits per heavy atom. The highest BCUT2D eigenvalue weighted by molar-refractivity contribution is 7.22. The number of rotatable bonds is 6. The van der Waals surface area contributed by atoms with Crippen LogP contribution in [0.4, 0.5) is 5.13 Å². The lowest BCUT2D eigenvalue weighted by Crippen LogP contribution is -2.44. The van der Waals surface area contributed by atoms with Crippen molar-refractivity contribution in [3.8, 4) is 0 Å². The molecule has 2 amide bonds. The fourth-order valence-electron chi connectivity index (χ4n) is 4.53. The number of hydrogen-bond acceptors (Lipinski definition) is 7. The highest BCUT2D eigenvalue weighted by Gasteiger charge is 2.28. The molecule has 3 heterocycles. The molecule has 2 aromatic rings. The number of aromatic nitrogens is 3. The predicted octanol–water partition coefficient (Wildman–Crippen LogP) is 2.04. The van der Waals surface area contributed by atoms with Crippen LogP contribution in [0.1, 0.15) is 58.8 Å². The monoisotopic (exact) mass is 460 g/mol. The maximum Gasteiger partial charge on any atom is 0.273 e. The highest BCUT2D eigenvalue weighted by atomic mass is 32.1. The Balaban J connectivity index is 1.46. The first kappa shape index (κ1) is 22.7. The second-order valence-electron chi connectivity index (χ2n) is 9.18. The zero-order chi connectivity index (χ0) is 22.7. The van der Waals surface area contributed by atoms with E-state index in [0.717, 1.165) is 45.1 Å².